The molecular weight excluding hydrogens is 270 g/mol. The number of hydrogen-bond acceptors (Lipinski definition) is 2. The molecule has 0 amide bonds. The van der Waals surface area contributed by atoms with Gasteiger partial charge in [-0.05, 0) is 36.1 Å². The van der Waals surface area contributed by atoms with E-state index in [0.29, 0.717) is 16.9 Å². The number of rotatable bonds is 9. The number of nitrogens with one attached hydrogen (secondary N) is 1. The first kappa shape index (κ1) is 17.3. The molecule has 20 heavy (non-hydrogen) atoms. The summed E-state index contributed by atoms with van der Waals surface area (Å²) in [5.74, 6) is 2.07. The van der Waals surface area contributed by atoms with Crippen molar-refractivity contribution in [2.75, 3.05) is 13.2 Å². The minimum Gasteiger partial charge on any atom is -0.492 e. The zero-order valence-corrected chi connectivity index (χ0v) is 14.0. The molecule has 0 aromatic heterocycles. The summed E-state index contributed by atoms with van der Waals surface area (Å²) in [6, 6.07) is 6.07. The van der Waals surface area contributed by atoms with Gasteiger partial charge in [0, 0.05) is 6.54 Å². The normalized spacial score (nSPS) is 11.3. The summed E-state index contributed by atoms with van der Waals surface area (Å²) in [4.78, 5) is 0. The van der Waals surface area contributed by atoms with Crippen LogP contribution < -0.4 is 10.1 Å². The summed E-state index contributed by atoms with van der Waals surface area (Å²) in [7, 11) is 0. The molecule has 1 aromatic carbocycles. The SMILES string of the molecule is CCC(CC)COc1ccc(CNCC(C)C)cc1Cl. The van der Waals surface area contributed by atoms with E-state index >= 15 is 0 Å². The number of ether oxygens (including phenoxy) is 1. The van der Waals surface area contributed by atoms with Crippen molar-refractivity contribution in [1.29, 1.82) is 0 Å². The molecule has 0 saturated carbocycles. The van der Waals surface area contributed by atoms with E-state index in [0.717, 1.165) is 38.3 Å². The van der Waals surface area contributed by atoms with Crippen LogP contribution in [0.25, 0.3) is 0 Å². The number of halogens is 1. The lowest BCUT2D eigenvalue weighted by Crippen LogP contribution is -2.18. The fourth-order valence-electron chi connectivity index (χ4n) is 2.01. The summed E-state index contributed by atoms with van der Waals surface area (Å²) in [6.45, 7) is 11.4. The van der Waals surface area contributed by atoms with Gasteiger partial charge in [-0.1, -0.05) is 58.2 Å². The Morgan fingerprint density at radius 3 is 2.45 bits per heavy atom. The van der Waals surface area contributed by atoms with E-state index in [1.807, 2.05) is 12.1 Å². The molecule has 0 aliphatic carbocycles. The van der Waals surface area contributed by atoms with Gasteiger partial charge in [0.1, 0.15) is 5.75 Å². The predicted octanol–water partition coefficient (Wildman–Crippen LogP) is 4.90. The molecule has 0 unspecified atom stereocenters. The molecule has 1 rings (SSSR count). The average Bonchev–Trinajstić information content (AvgIpc) is 2.41. The lowest BCUT2D eigenvalue weighted by Gasteiger charge is -2.15. The Labute approximate surface area is 128 Å². The lowest BCUT2D eigenvalue weighted by molar-refractivity contribution is 0.240. The van der Waals surface area contributed by atoms with Crippen molar-refractivity contribution in [2.45, 2.75) is 47.1 Å². The first-order valence-corrected chi connectivity index (χ1v) is 8.06. The van der Waals surface area contributed by atoms with Crippen molar-refractivity contribution in [3.63, 3.8) is 0 Å². The van der Waals surface area contributed by atoms with Gasteiger partial charge in [0.25, 0.3) is 0 Å². The summed E-state index contributed by atoms with van der Waals surface area (Å²) < 4.78 is 5.83. The third kappa shape index (κ3) is 6.15. The smallest absolute Gasteiger partial charge is 0.137 e. The van der Waals surface area contributed by atoms with Gasteiger partial charge in [-0.2, -0.15) is 0 Å². The molecule has 3 heteroatoms. The zero-order valence-electron chi connectivity index (χ0n) is 13.2. The Balaban J connectivity index is 2.50. The molecule has 2 nitrogen and oxygen atoms in total. The molecule has 1 N–H and O–H groups in total. The maximum atomic E-state index is 6.29. The molecule has 0 radical (unpaired) electrons. The first-order chi connectivity index (χ1) is 9.56. The Morgan fingerprint density at radius 2 is 1.90 bits per heavy atom. The summed E-state index contributed by atoms with van der Waals surface area (Å²) in [5, 5.41) is 4.12. The Bertz CT molecular complexity index is 389. The van der Waals surface area contributed by atoms with E-state index in [4.69, 9.17) is 16.3 Å². The maximum absolute atomic E-state index is 6.29. The van der Waals surface area contributed by atoms with Crippen LogP contribution in [0.3, 0.4) is 0 Å². The highest BCUT2D eigenvalue weighted by molar-refractivity contribution is 6.32. The summed E-state index contributed by atoms with van der Waals surface area (Å²) in [6.07, 6.45) is 2.29. The van der Waals surface area contributed by atoms with Gasteiger partial charge in [0.2, 0.25) is 0 Å². The van der Waals surface area contributed by atoms with Crippen LogP contribution in [0.2, 0.25) is 5.02 Å². The van der Waals surface area contributed by atoms with Crippen molar-refractivity contribution in [2.24, 2.45) is 11.8 Å². The molecule has 0 aliphatic heterocycles. The third-order valence-corrected chi connectivity index (χ3v) is 3.80. The molecule has 0 fully saturated rings. The molecule has 114 valence electrons. The van der Waals surface area contributed by atoms with E-state index in [1.165, 1.54) is 5.56 Å². The number of hydrogen-bond donors (Lipinski definition) is 1. The molecule has 0 saturated heterocycles. The molecule has 1 aromatic rings. The second-order valence-electron chi connectivity index (χ2n) is 5.78. The monoisotopic (exact) mass is 297 g/mol. The van der Waals surface area contributed by atoms with Crippen molar-refractivity contribution < 1.29 is 4.74 Å². The van der Waals surface area contributed by atoms with Crippen LogP contribution in [0.1, 0.15) is 46.1 Å². The molecule has 0 aliphatic rings. The second kappa shape index (κ2) is 9.25. The molecule has 0 bridgehead atoms. The van der Waals surface area contributed by atoms with E-state index in [1.54, 1.807) is 0 Å². The van der Waals surface area contributed by atoms with Gasteiger partial charge in [0.05, 0.1) is 11.6 Å². The van der Waals surface area contributed by atoms with Crippen LogP contribution >= 0.6 is 11.6 Å². The molecule has 0 spiro atoms. The Hall–Kier alpha value is -0.730. The largest absolute Gasteiger partial charge is 0.492 e. The number of benzene rings is 1. The van der Waals surface area contributed by atoms with Crippen LogP contribution in [0.4, 0.5) is 0 Å². The highest BCUT2D eigenvalue weighted by atomic mass is 35.5. The molecule has 0 heterocycles. The van der Waals surface area contributed by atoms with Crippen molar-refractivity contribution in [1.82, 2.24) is 5.32 Å². The van der Waals surface area contributed by atoms with Gasteiger partial charge in [-0.25, -0.2) is 0 Å². The van der Waals surface area contributed by atoms with Crippen molar-refractivity contribution >= 4 is 11.6 Å². The fraction of sp³-hybridized carbons (Fsp3) is 0.647. The molecule has 0 atom stereocenters. The second-order valence-corrected chi connectivity index (χ2v) is 6.19. The highest BCUT2D eigenvalue weighted by Gasteiger charge is 2.07. The Morgan fingerprint density at radius 1 is 1.20 bits per heavy atom. The Kier molecular flexibility index (Phi) is 8.01. The minimum atomic E-state index is 0.610. The third-order valence-electron chi connectivity index (χ3n) is 3.51. The van der Waals surface area contributed by atoms with Crippen molar-refractivity contribution in [3.8, 4) is 5.75 Å². The summed E-state index contributed by atoms with van der Waals surface area (Å²) >= 11 is 6.29. The topological polar surface area (TPSA) is 21.3 Å². The maximum Gasteiger partial charge on any atom is 0.137 e. The molecular formula is C17H28ClNO. The highest BCUT2D eigenvalue weighted by Crippen LogP contribution is 2.26. The van der Waals surface area contributed by atoms with Crippen LogP contribution in [0.5, 0.6) is 5.75 Å². The fourth-order valence-corrected chi connectivity index (χ4v) is 2.27. The summed E-state index contributed by atoms with van der Waals surface area (Å²) in [5.41, 5.74) is 1.20. The van der Waals surface area contributed by atoms with E-state index in [2.05, 4.69) is 39.1 Å². The predicted molar refractivity (Wildman–Crippen MR) is 87.6 cm³/mol. The lowest BCUT2D eigenvalue weighted by atomic mass is 10.1. The first-order valence-electron chi connectivity index (χ1n) is 7.68. The van der Waals surface area contributed by atoms with Gasteiger partial charge in [-0.3, -0.25) is 0 Å². The zero-order chi connectivity index (χ0) is 15.0. The van der Waals surface area contributed by atoms with E-state index in [-0.39, 0.29) is 0 Å². The van der Waals surface area contributed by atoms with E-state index in [9.17, 15) is 0 Å². The van der Waals surface area contributed by atoms with Gasteiger partial charge in [-0.15, -0.1) is 0 Å². The quantitative estimate of drug-likeness (QED) is 0.700. The van der Waals surface area contributed by atoms with Gasteiger partial charge in [0.15, 0.2) is 0 Å². The van der Waals surface area contributed by atoms with Gasteiger partial charge < -0.3 is 10.1 Å². The minimum absolute atomic E-state index is 0.610. The van der Waals surface area contributed by atoms with Gasteiger partial charge >= 0.3 is 0 Å². The van der Waals surface area contributed by atoms with Crippen molar-refractivity contribution in [3.05, 3.63) is 28.8 Å². The van der Waals surface area contributed by atoms with Crippen LogP contribution in [0.15, 0.2) is 18.2 Å². The van der Waals surface area contributed by atoms with Crippen LogP contribution in [-0.4, -0.2) is 13.2 Å². The van der Waals surface area contributed by atoms with Crippen LogP contribution in [-0.2, 0) is 6.54 Å². The standard InChI is InChI=1S/C17H28ClNO/c1-5-14(6-2)12-20-17-8-7-15(9-16(17)18)11-19-10-13(3)4/h7-9,13-14,19H,5-6,10-12H2,1-4H3. The van der Waals surface area contributed by atoms with E-state index < -0.39 is 0 Å². The average molecular weight is 298 g/mol. The van der Waals surface area contributed by atoms with Crippen LogP contribution in [0, 0.1) is 11.8 Å².